The second-order valence-electron chi connectivity index (χ2n) is 5.66. The molecule has 1 aliphatic carbocycles. The third kappa shape index (κ3) is 5.25. The molecule has 0 spiro atoms. The summed E-state index contributed by atoms with van der Waals surface area (Å²) in [6.07, 6.45) is 4.80. The lowest BCUT2D eigenvalue weighted by molar-refractivity contribution is 0.0888. The van der Waals surface area contributed by atoms with Crippen molar-refractivity contribution < 1.29 is 13.5 Å². The Hall–Kier alpha value is -0.620. The summed E-state index contributed by atoms with van der Waals surface area (Å²) in [7, 11) is -3.49. The van der Waals surface area contributed by atoms with Crippen LogP contribution in [0.4, 0.5) is 0 Å². The summed E-state index contributed by atoms with van der Waals surface area (Å²) in [5.41, 5.74) is 0.568. The van der Waals surface area contributed by atoms with Crippen molar-refractivity contribution in [2.24, 2.45) is 5.92 Å². The molecule has 6 heteroatoms. The van der Waals surface area contributed by atoms with Gasteiger partial charge in [0.15, 0.2) is 0 Å². The lowest BCUT2D eigenvalue weighted by Crippen LogP contribution is -2.37. The van der Waals surface area contributed by atoms with Crippen molar-refractivity contribution in [3.63, 3.8) is 0 Å². The van der Waals surface area contributed by atoms with E-state index in [9.17, 15) is 13.5 Å². The van der Waals surface area contributed by atoms with Crippen molar-refractivity contribution in [2.45, 2.75) is 44.0 Å². The van der Waals surface area contributed by atoms with Crippen LogP contribution in [-0.2, 0) is 15.8 Å². The maximum absolute atomic E-state index is 12.1. The third-order valence-corrected chi connectivity index (χ3v) is 5.68. The molecule has 0 radical (unpaired) electrons. The summed E-state index contributed by atoms with van der Waals surface area (Å²) in [5, 5.41) is 10.5. The fraction of sp³-hybridized carbons (Fsp3) is 0.600. The topological polar surface area (TPSA) is 66.4 Å². The van der Waals surface area contributed by atoms with E-state index in [1.165, 1.54) is 6.42 Å². The molecule has 2 rings (SSSR count). The van der Waals surface area contributed by atoms with E-state index in [1.807, 2.05) is 0 Å². The average molecular weight is 332 g/mol. The van der Waals surface area contributed by atoms with E-state index in [1.54, 1.807) is 24.3 Å². The maximum Gasteiger partial charge on any atom is 0.215 e. The van der Waals surface area contributed by atoms with Crippen LogP contribution < -0.4 is 4.72 Å². The lowest BCUT2D eigenvalue weighted by Gasteiger charge is -2.26. The number of rotatable bonds is 6. The fourth-order valence-electron chi connectivity index (χ4n) is 2.77. The van der Waals surface area contributed by atoms with E-state index >= 15 is 0 Å². The van der Waals surface area contributed by atoms with Gasteiger partial charge < -0.3 is 5.11 Å². The zero-order valence-electron chi connectivity index (χ0n) is 12.0. The zero-order valence-corrected chi connectivity index (χ0v) is 13.5. The molecule has 0 bridgehead atoms. The van der Waals surface area contributed by atoms with E-state index in [0.29, 0.717) is 10.6 Å². The van der Waals surface area contributed by atoms with Crippen LogP contribution in [0.15, 0.2) is 24.3 Å². The van der Waals surface area contributed by atoms with Crippen LogP contribution in [-0.4, -0.2) is 26.2 Å². The van der Waals surface area contributed by atoms with E-state index in [0.717, 1.165) is 25.7 Å². The van der Waals surface area contributed by atoms with Gasteiger partial charge in [-0.15, -0.1) is 0 Å². The Kier molecular flexibility index (Phi) is 6.05. The Balaban J connectivity index is 1.87. The molecule has 21 heavy (non-hydrogen) atoms. The number of hydrogen-bond donors (Lipinski definition) is 2. The molecule has 0 aliphatic heterocycles. The summed E-state index contributed by atoms with van der Waals surface area (Å²) in [6.45, 7) is 0.0808. The highest BCUT2D eigenvalue weighted by Gasteiger charge is 2.23. The van der Waals surface area contributed by atoms with E-state index in [2.05, 4.69) is 4.72 Å². The van der Waals surface area contributed by atoms with E-state index in [4.69, 9.17) is 11.6 Å². The number of aliphatic hydroxyl groups is 1. The molecule has 1 unspecified atom stereocenters. The van der Waals surface area contributed by atoms with Crippen LogP contribution in [0, 0.1) is 5.92 Å². The molecule has 0 aromatic heterocycles. The largest absolute Gasteiger partial charge is 0.391 e. The smallest absolute Gasteiger partial charge is 0.215 e. The van der Waals surface area contributed by atoms with E-state index < -0.39 is 16.1 Å². The van der Waals surface area contributed by atoms with Crippen LogP contribution >= 0.6 is 11.6 Å². The van der Waals surface area contributed by atoms with Gasteiger partial charge in [0.2, 0.25) is 10.0 Å². The molecule has 1 aromatic rings. The van der Waals surface area contributed by atoms with Gasteiger partial charge in [0.1, 0.15) is 0 Å². The number of hydrogen-bond acceptors (Lipinski definition) is 3. The van der Waals surface area contributed by atoms with Gasteiger partial charge >= 0.3 is 0 Å². The summed E-state index contributed by atoms with van der Waals surface area (Å²) >= 11 is 5.97. The Bertz CT molecular complexity index is 556. The molecule has 1 fully saturated rings. The standard InChI is InChI=1S/C15H22ClNO3S/c16-14-9-5-4-8-13(14)11-21(19,20)17-10-15(18)12-6-2-1-3-7-12/h4-5,8-9,12,15,17-18H,1-3,6-7,10-11H2. The molecule has 1 atom stereocenters. The minimum Gasteiger partial charge on any atom is -0.391 e. The summed E-state index contributed by atoms with van der Waals surface area (Å²) in [4.78, 5) is 0. The monoisotopic (exact) mass is 331 g/mol. The van der Waals surface area contributed by atoms with Gasteiger partial charge in [0.05, 0.1) is 11.9 Å². The molecule has 0 saturated heterocycles. The Labute approximate surface area is 131 Å². The highest BCUT2D eigenvalue weighted by atomic mass is 35.5. The van der Waals surface area contributed by atoms with E-state index in [-0.39, 0.29) is 18.2 Å². The molecule has 1 saturated carbocycles. The highest BCUT2D eigenvalue weighted by Crippen LogP contribution is 2.26. The lowest BCUT2D eigenvalue weighted by atomic mass is 9.85. The first-order valence-electron chi connectivity index (χ1n) is 7.37. The van der Waals surface area contributed by atoms with Crippen LogP contribution in [0.2, 0.25) is 5.02 Å². The first-order valence-corrected chi connectivity index (χ1v) is 9.40. The van der Waals surface area contributed by atoms with Gasteiger partial charge in [-0.05, 0) is 30.4 Å². The number of sulfonamides is 1. The Morgan fingerprint density at radius 3 is 2.57 bits per heavy atom. The Morgan fingerprint density at radius 1 is 1.24 bits per heavy atom. The Morgan fingerprint density at radius 2 is 1.90 bits per heavy atom. The second-order valence-corrected chi connectivity index (χ2v) is 7.88. The highest BCUT2D eigenvalue weighted by molar-refractivity contribution is 7.88. The van der Waals surface area contributed by atoms with Crippen molar-refractivity contribution in [3.8, 4) is 0 Å². The molecule has 1 aromatic carbocycles. The van der Waals surface area contributed by atoms with Crippen molar-refractivity contribution in [1.29, 1.82) is 0 Å². The van der Waals surface area contributed by atoms with Crippen LogP contribution in [0.1, 0.15) is 37.7 Å². The molecule has 118 valence electrons. The second kappa shape index (κ2) is 7.58. The number of aliphatic hydroxyl groups excluding tert-OH is 1. The molecule has 1 aliphatic rings. The zero-order chi connectivity index (χ0) is 15.3. The van der Waals surface area contributed by atoms with Gasteiger partial charge in [-0.25, -0.2) is 13.1 Å². The quantitative estimate of drug-likeness (QED) is 0.842. The van der Waals surface area contributed by atoms with Crippen LogP contribution in [0.3, 0.4) is 0 Å². The number of nitrogens with one attached hydrogen (secondary N) is 1. The minimum absolute atomic E-state index is 0.0808. The van der Waals surface area contributed by atoms with Crippen LogP contribution in [0.25, 0.3) is 0 Å². The molecule has 0 heterocycles. The molecular weight excluding hydrogens is 310 g/mol. The summed E-state index contributed by atoms with van der Waals surface area (Å²) in [6, 6.07) is 6.88. The molecule has 2 N–H and O–H groups in total. The maximum atomic E-state index is 12.1. The molecule has 0 amide bonds. The fourth-order valence-corrected chi connectivity index (χ4v) is 4.24. The van der Waals surface area contributed by atoms with Crippen molar-refractivity contribution in [2.75, 3.05) is 6.54 Å². The van der Waals surface area contributed by atoms with Gasteiger partial charge in [-0.3, -0.25) is 0 Å². The predicted octanol–water partition coefficient (Wildman–Crippen LogP) is 2.70. The first-order chi connectivity index (χ1) is 9.98. The summed E-state index contributed by atoms with van der Waals surface area (Å²) in [5.74, 6) is 0.0473. The predicted molar refractivity (Wildman–Crippen MR) is 84.7 cm³/mol. The third-order valence-electron chi connectivity index (χ3n) is 4.01. The van der Waals surface area contributed by atoms with Gasteiger partial charge in [-0.2, -0.15) is 0 Å². The average Bonchev–Trinajstić information content (AvgIpc) is 2.48. The molecular formula is C15H22ClNO3S. The van der Waals surface area contributed by atoms with Gasteiger partial charge in [-0.1, -0.05) is 49.1 Å². The van der Waals surface area contributed by atoms with Crippen molar-refractivity contribution in [1.82, 2.24) is 4.72 Å². The number of halogens is 1. The molecule has 4 nitrogen and oxygen atoms in total. The normalized spacial score (nSPS) is 18.6. The van der Waals surface area contributed by atoms with Crippen molar-refractivity contribution in [3.05, 3.63) is 34.9 Å². The van der Waals surface area contributed by atoms with Gasteiger partial charge in [0, 0.05) is 11.6 Å². The van der Waals surface area contributed by atoms with Crippen molar-refractivity contribution >= 4 is 21.6 Å². The minimum atomic E-state index is -3.49. The SMILES string of the molecule is O=S(=O)(Cc1ccccc1Cl)NCC(O)C1CCCCC1. The summed E-state index contributed by atoms with van der Waals surface area (Å²) < 4.78 is 26.6. The van der Waals surface area contributed by atoms with Crippen LogP contribution in [0.5, 0.6) is 0 Å². The number of benzene rings is 1. The van der Waals surface area contributed by atoms with Gasteiger partial charge in [0.25, 0.3) is 0 Å². The first kappa shape index (κ1) is 16.7.